The predicted molar refractivity (Wildman–Crippen MR) is 149 cm³/mol. The van der Waals surface area contributed by atoms with E-state index in [0.29, 0.717) is 32.9 Å². The Morgan fingerprint density at radius 2 is 1.92 bits per heavy atom. The van der Waals surface area contributed by atoms with Crippen LogP contribution in [0.4, 0.5) is 0 Å². The van der Waals surface area contributed by atoms with Gasteiger partial charge in [0.2, 0.25) is 0 Å². The molecular weight excluding hydrogens is 540 g/mol. The lowest BCUT2D eigenvalue weighted by Crippen LogP contribution is -2.29. The number of amides is 1. The monoisotopic (exact) mass is 568 g/mol. The number of hydrogen-bond acceptors (Lipinski definition) is 7. The first-order chi connectivity index (χ1) is 17.3. The third kappa shape index (κ3) is 7.38. The van der Waals surface area contributed by atoms with Gasteiger partial charge in [0.25, 0.3) is 15.9 Å². The largest absolute Gasteiger partial charge is 0.493 e. The van der Waals surface area contributed by atoms with Gasteiger partial charge in [-0.25, -0.2) is 0 Å². The Labute approximate surface area is 225 Å². The van der Waals surface area contributed by atoms with Crippen molar-refractivity contribution < 1.29 is 22.7 Å². The number of methoxy groups -OCH3 is 1. The molecule has 2 aromatic rings. The summed E-state index contributed by atoms with van der Waals surface area (Å²) in [5, 5.41) is 0.0608. The number of hydrogen-bond donors (Lipinski definition) is 0. The second-order valence-electron chi connectivity index (χ2n) is 7.90. The Hall–Kier alpha value is -2.27. The molecule has 1 amide bonds. The molecule has 1 aromatic heterocycles. The number of nitrogens with zero attached hydrogens (tertiary/aromatic N) is 2. The quantitative estimate of drug-likeness (QED) is 0.154. The summed E-state index contributed by atoms with van der Waals surface area (Å²) in [5.74, 6) is 0.837. The summed E-state index contributed by atoms with van der Waals surface area (Å²) in [6.45, 7) is 6.58. The molecule has 11 heteroatoms. The first kappa shape index (κ1) is 28.3. The highest BCUT2D eigenvalue weighted by Gasteiger charge is 2.34. The molecule has 1 saturated heterocycles. The number of benzene rings is 1. The van der Waals surface area contributed by atoms with Crippen molar-refractivity contribution in [2.24, 2.45) is 4.40 Å². The average molecular weight is 569 g/mol. The fourth-order valence-corrected chi connectivity index (χ4v) is 7.03. The lowest BCUT2D eigenvalue weighted by Gasteiger charge is -2.12. The van der Waals surface area contributed by atoms with Crippen molar-refractivity contribution in [1.82, 2.24) is 4.90 Å². The van der Waals surface area contributed by atoms with Crippen LogP contribution in [0.5, 0.6) is 11.5 Å². The van der Waals surface area contributed by atoms with Gasteiger partial charge in [-0.3, -0.25) is 9.69 Å². The van der Waals surface area contributed by atoms with Gasteiger partial charge in [0, 0.05) is 6.54 Å². The first-order valence-corrected chi connectivity index (χ1v) is 15.0. The molecular formula is C25H29ClN2O5S3. The number of amidine groups is 1. The van der Waals surface area contributed by atoms with Gasteiger partial charge in [0.15, 0.2) is 16.7 Å². The number of unbranched alkanes of at least 4 members (excludes halogenated alkanes) is 4. The SMILES string of the molecule is C=CCN1C(=O)/C(=C/c2ccc(OCCCCCCC)c(OC)c2)S/C1=N/S(=O)(=O)c1ccc(Cl)s1. The zero-order valence-electron chi connectivity index (χ0n) is 20.2. The van der Waals surface area contributed by atoms with E-state index < -0.39 is 10.0 Å². The van der Waals surface area contributed by atoms with Crippen LogP contribution in [0, 0.1) is 0 Å². The van der Waals surface area contributed by atoms with Gasteiger partial charge in [-0.2, -0.15) is 8.42 Å². The van der Waals surface area contributed by atoms with E-state index in [1.807, 2.05) is 12.1 Å². The van der Waals surface area contributed by atoms with Crippen molar-refractivity contribution >= 4 is 61.9 Å². The van der Waals surface area contributed by atoms with Crippen molar-refractivity contribution in [2.45, 2.75) is 43.2 Å². The van der Waals surface area contributed by atoms with Crippen LogP contribution >= 0.6 is 34.7 Å². The predicted octanol–water partition coefficient (Wildman–Crippen LogP) is 6.61. The molecule has 1 aliphatic rings. The minimum atomic E-state index is -4.02. The Morgan fingerprint density at radius 3 is 2.58 bits per heavy atom. The smallest absolute Gasteiger partial charge is 0.294 e. The summed E-state index contributed by atoms with van der Waals surface area (Å²) in [6, 6.07) is 8.30. The standard InChI is InChI=1S/C25H29ClN2O5S3/c1-4-6-7-8-9-15-33-19-11-10-18(16-20(19)32-3)17-21-24(29)28(14-5-2)25(34-21)27-36(30,31)23-13-12-22(26)35-23/h5,10-13,16-17H,2,4,6-9,14-15H2,1,3H3/b21-17-,27-25+. The molecule has 7 nitrogen and oxygen atoms in total. The Bertz CT molecular complexity index is 1250. The van der Waals surface area contributed by atoms with Gasteiger partial charge in [-0.1, -0.05) is 56.4 Å². The van der Waals surface area contributed by atoms with Crippen LogP contribution in [0.2, 0.25) is 4.34 Å². The molecule has 0 spiro atoms. The lowest BCUT2D eigenvalue weighted by atomic mass is 10.1. The molecule has 36 heavy (non-hydrogen) atoms. The molecule has 194 valence electrons. The van der Waals surface area contributed by atoms with Gasteiger partial charge in [-0.15, -0.1) is 22.3 Å². The minimum Gasteiger partial charge on any atom is -0.493 e. The van der Waals surface area contributed by atoms with Gasteiger partial charge < -0.3 is 9.47 Å². The van der Waals surface area contributed by atoms with E-state index in [0.717, 1.165) is 35.9 Å². The highest BCUT2D eigenvalue weighted by Crippen LogP contribution is 2.36. The van der Waals surface area contributed by atoms with E-state index >= 15 is 0 Å². The van der Waals surface area contributed by atoms with Gasteiger partial charge in [-0.05, 0) is 54.1 Å². The van der Waals surface area contributed by atoms with Crippen LogP contribution in [0.1, 0.15) is 44.6 Å². The molecule has 0 N–H and O–H groups in total. The van der Waals surface area contributed by atoms with E-state index in [4.69, 9.17) is 21.1 Å². The Kier molecular flexibility index (Phi) is 10.5. The van der Waals surface area contributed by atoms with Crippen molar-refractivity contribution in [2.75, 3.05) is 20.3 Å². The Morgan fingerprint density at radius 1 is 1.14 bits per heavy atom. The van der Waals surface area contributed by atoms with Crippen LogP contribution in [-0.4, -0.2) is 44.7 Å². The lowest BCUT2D eigenvalue weighted by molar-refractivity contribution is -0.121. The maximum Gasteiger partial charge on any atom is 0.294 e. The second kappa shape index (κ2) is 13.3. The molecule has 1 aliphatic heterocycles. The number of sulfonamides is 1. The molecule has 3 rings (SSSR count). The third-order valence-corrected chi connectivity index (χ3v) is 9.28. The van der Waals surface area contributed by atoms with Crippen molar-refractivity contribution in [3.05, 3.63) is 57.8 Å². The highest BCUT2D eigenvalue weighted by atomic mass is 35.5. The molecule has 2 heterocycles. The van der Waals surface area contributed by atoms with Crippen LogP contribution < -0.4 is 9.47 Å². The number of ether oxygens (including phenoxy) is 2. The molecule has 0 saturated carbocycles. The van der Waals surface area contributed by atoms with Crippen molar-refractivity contribution in [3.63, 3.8) is 0 Å². The first-order valence-electron chi connectivity index (χ1n) is 11.5. The zero-order valence-corrected chi connectivity index (χ0v) is 23.4. The van der Waals surface area contributed by atoms with Crippen molar-refractivity contribution in [3.8, 4) is 11.5 Å². The summed E-state index contributed by atoms with van der Waals surface area (Å²) in [4.78, 5) is 14.7. The van der Waals surface area contributed by atoms with Crippen LogP contribution in [0.15, 0.2) is 56.5 Å². The van der Waals surface area contributed by atoms with Gasteiger partial charge in [0.1, 0.15) is 4.21 Å². The maximum atomic E-state index is 13.0. The third-order valence-electron chi connectivity index (χ3n) is 5.19. The fourth-order valence-electron chi connectivity index (χ4n) is 3.38. The summed E-state index contributed by atoms with van der Waals surface area (Å²) in [5.41, 5.74) is 0.714. The normalized spacial score (nSPS) is 16.2. The van der Waals surface area contributed by atoms with Crippen LogP contribution in [-0.2, 0) is 14.8 Å². The van der Waals surface area contributed by atoms with E-state index in [1.165, 1.54) is 42.4 Å². The fraction of sp³-hybridized carbons (Fsp3) is 0.360. The number of thiophene rings is 1. The number of carbonyl (C=O) groups is 1. The second-order valence-corrected chi connectivity index (χ2v) is 12.5. The van der Waals surface area contributed by atoms with E-state index in [1.54, 1.807) is 19.3 Å². The molecule has 1 aromatic carbocycles. The summed E-state index contributed by atoms with van der Waals surface area (Å²) >= 11 is 7.78. The molecule has 0 atom stereocenters. The molecule has 0 radical (unpaired) electrons. The van der Waals surface area contributed by atoms with Gasteiger partial charge >= 0.3 is 0 Å². The molecule has 0 bridgehead atoms. The maximum absolute atomic E-state index is 13.0. The minimum absolute atomic E-state index is 0.00900. The molecule has 0 aliphatic carbocycles. The number of thioether (sulfide) groups is 1. The zero-order chi connectivity index (χ0) is 26.1. The summed E-state index contributed by atoms with van der Waals surface area (Å²) in [6.07, 6.45) is 8.92. The van der Waals surface area contributed by atoms with Crippen molar-refractivity contribution in [1.29, 1.82) is 0 Å². The van der Waals surface area contributed by atoms with E-state index in [2.05, 4.69) is 17.9 Å². The van der Waals surface area contributed by atoms with Crippen LogP contribution in [0.3, 0.4) is 0 Å². The topological polar surface area (TPSA) is 85.3 Å². The van der Waals surface area contributed by atoms with E-state index in [-0.39, 0.29) is 21.8 Å². The molecule has 0 unspecified atom stereocenters. The number of halogens is 1. The average Bonchev–Trinajstić information content (AvgIpc) is 3.41. The summed E-state index contributed by atoms with van der Waals surface area (Å²) in [7, 11) is -2.45. The number of rotatable bonds is 13. The van der Waals surface area contributed by atoms with Gasteiger partial charge in [0.05, 0.1) is 23.0 Å². The summed E-state index contributed by atoms with van der Waals surface area (Å²) < 4.78 is 41.1. The number of carbonyl (C=O) groups excluding carboxylic acids is 1. The molecule has 1 fully saturated rings. The Balaban J connectivity index is 1.79. The highest BCUT2D eigenvalue weighted by molar-refractivity contribution is 8.19. The van der Waals surface area contributed by atoms with E-state index in [9.17, 15) is 13.2 Å². The van der Waals surface area contributed by atoms with Crippen LogP contribution in [0.25, 0.3) is 6.08 Å².